The van der Waals surface area contributed by atoms with Crippen LogP contribution in [-0.4, -0.2) is 0 Å². The molecule has 240 valence electrons. The van der Waals surface area contributed by atoms with Crippen LogP contribution in [0.4, 0.5) is 0 Å². The zero-order valence-electron chi connectivity index (χ0n) is 28.6. The van der Waals surface area contributed by atoms with Crippen molar-refractivity contribution in [1.29, 1.82) is 0 Å². The molecule has 0 fully saturated rings. The lowest BCUT2D eigenvalue weighted by Crippen LogP contribution is -2.15. The fourth-order valence-electron chi connectivity index (χ4n) is 9.25. The van der Waals surface area contributed by atoms with E-state index in [4.69, 9.17) is 4.42 Å². The summed E-state index contributed by atoms with van der Waals surface area (Å²) in [5.74, 6) is 0.120. The van der Waals surface area contributed by atoms with Crippen molar-refractivity contribution in [2.24, 2.45) is 0 Å². The maximum Gasteiger partial charge on any atom is 0.140 e. The largest absolute Gasteiger partial charge is 0.456 e. The second-order valence-corrected chi connectivity index (χ2v) is 14.9. The molecule has 8 aromatic carbocycles. The van der Waals surface area contributed by atoms with Crippen LogP contribution in [0.15, 0.2) is 168 Å². The summed E-state index contributed by atoms with van der Waals surface area (Å²) in [5, 5.41) is 4.90. The summed E-state index contributed by atoms with van der Waals surface area (Å²) in [6, 6.07) is 60.6. The van der Waals surface area contributed by atoms with E-state index in [0.29, 0.717) is 0 Å². The van der Waals surface area contributed by atoms with Crippen molar-refractivity contribution < 1.29 is 4.42 Å². The molecule has 11 rings (SSSR count). The summed E-state index contributed by atoms with van der Waals surface area (Å²) in [4.78, 5) is 0. The second kappa shape index (κ2) is 10.4. The van der Waals surface area contributed by atoms with Gasteiger partial charge in [0.2, 0.25) is 0 Å². The first-order valence-electron chi connectivity index (χ1n) is 18.0. The lowest BCUT2D eigenvalue weighted by molar-refractivity contribution is 0.620. The SMILES string of the molecule is CC1(C)c2ccccc2-c2ccc3c(oc4ccc(C5c6ccc(-c7ccccc7)cc6-c6cc(-c7ccc8ccccc8c7)ccc65)cc43)c21. The molecule has 0 radical (unpaired) electrons. The predicted octanol–water partition coefficient (Wildman–Crippen LogP) is 13.5. The number of hydrogen-bond acceptors (Lipinski definition) is 1. The maximum absolute atomic E-state index is 6.78. The predicted molar refractivity (Wildman–Crippen MR) is 212 cm³/mol. The third-order valence-corrected chi connectivity index (χ3v) is 11.7. The molecule has 1 unspecified atom stereocenters. The maximum atomic E-state index is 6.78. The Kier molecular flexibility index (Phi) is 5.85. The first-order chi connectivity index (χ1) is 25.0. The monoisotopic (exact) mass is 650 g/mol. The van der Waals surface area contributed by atoms with Crippen molar-refractivity contribution in [3.8, 4) is 44.5 Å². The molecule has 1 heterocycles. The van der Waals surface area contributed by atoms with E-state index < -0.39 is 0 Å². The van der Waals surface area contributed by atoms with E-state index in [2.05, 4.69) is 178 Å². The first kappa shape index (κ1) is 28.6. The Labute approximate surface area is 297 Å². The van der Waals surface area contributed by atoms with Crippen LogP contribution < -0.4 is 0 Å². The molecule has 9 aromatic rings. The molecule has 0 saturated heterocycles. The minimum Gasteiger partial charge on any atom is -0.456 e. The van der Waals surface area contributed by atoms with Crippen molar-refractivity contribution in [3.05, 3.63) is 192 Å². The Morgan fingerprint density at radius 2 is 1.12 bits per heavy atom. The van der Waals surface area contributed by atoms with Crippen LogP contribution in [0, 0.1) is 0 Å². The summed E-state index contributed by atoms with van der Waals surface area (Å²) in [7, 11) is 0. The Morgan fingerprint density at radius 3 is 1.92 bits per heavy atom. The molecule has 0 spiro atoms. The molecule has 0 saturated carbocycles. The van der Waals surface area contributed by atoms with E-state index in [-0.39, 0.29) is 11.3 Å². The molecule has 2 aliphatic rings. The number of furan rings is 1. The van der Waals surface area contributed by atoms with Gasteiger partial charge in [-0.3, -0.25) is 0 Å². The minimum atomic E-state index is -0.134. The third kappa shape index (κ3) is 4.09. The second-order valence-electron chi connectivity index (χ2n) is 14.9. The summed E-state index contributed by atoms with van der Waals surface area (Å²) < 4.78 is 6.78. The van der Waals surface area contributed by atoms with E-state index in [0.717, 1.165) is 11.2 Å². The van der Waals surface area contributed by atoms with Crippen LogP contribution in [0.25, 0.3) is 77.2 Å². The summed E-state index contributed by atoms with van der Waals surface area (Å²) in [6.07, 6.45) is 0. The van der Waals surface area contributed by atoms with Crippen molar-refractivity contribution in [3.63, 3.8) is 0 Å². The average Bonchev–Trinajstić information content (AvgIpc) is 3.79. The van der Waals surface area contributed by atoms with Gasteiger partial charge in [-0.1, -0.05) is 141 Å². The fraction of sp³-hybridized carbons (Fsp3) is 0.0800. The highest BCUT2D eigenvalue weighted by molar-refractivity contribution is 6.09. The lowest BCUT2D eigenvalue weighted by atomic mass is 9.81. The molecule has 1 heteroatoms. The van der Waals surface area contributed by atoms with Crippen molar-refractivity contribution >= 4 is 32.7 Å². The number of hydrogen-bond donors (Lipinski definition) is 0. The van der Waals surface area contributed by atoms with Gasteiger partial charge in [-0.2, -0.15) is 0 Å². The molecule has 1 nitrogen and oxygen atoms in total. The van der Waals surface area contributed by atoms with Gasteiger partial charge in [0.1, 0.15) is 11.2 Å². The van der Waals surface area contributed by atoms with Gasteiger partial charge in [0.05, 0.1) is 0 Å². The summed E-state index contributed by atoms with van der Waals surface area (Å²) in [5.41, 5.74) is 18.7. The van der Waals surface area contributed by atoms with Gasteiger partial charge in [0, 0.05) is 27.7 Å². The molecule has 0 N–H and O–H groups in total. The smallest absolute Gasteiger partial charge is 0.140 e. The molecule has 51 heavy (non-hydrogen) atoms. The van der Waals surface area contributed by atoms with Crippen molar-refractivity contribution in [2.45, 2.75) is 25.2 Å². The quantitative estimate of drug-likeness (QED) is 0.185. The average molecular weight is 651 g/mol. The Morgan fingerprint density at radius 1 is 0.451 bits per heavy atom. The Hall–Kier alpha value is -6.18. The highest BCUT2D eigenvalue weighted by Gasteiger charge is 2.38. The highest BCUT2D eigenvalue weighted by atomic mass is 16.3. The summed E-state index contributed by atoms with van der Waals surface area (Å²) in [6.45, 7) is 4.66. The number of benzene rings is 8. The Balaban J connectivity index is 1.09. The van der Waals surface area contributed by atoms with Crippen LogP contribution in [0.5, 0.6) is 0 Å². The molecular formula is C50H34O. The Bertz CT molecular complexity index is 2890. The molecular weight excluding hydrogens is 617 g/mol. The molecule has 1 atom stereocenters. The zero-order chi connectivity index (χ0) is 33.8. The molecule has 0 bridgehead atoms. The van der Waals surface area contributed by atoms with Gasteiger partial charge >= 0.3 is 0 Å². The molecule has 0 amide bonds. The van der Waals surface area contributed by atoms with E-state index in [9.17, 15) is 0 Å². The van der Waals surface area contributed by atoms with Crippen LogP contribution >= 0.6 is 0 Å². The van der Waals surface area contributed by atoms with E-state index in [1.54, 1.807) is 0 Å². The van der Waals surface area contributed by atoms with Crippen LogP contribution in [0.1, 0.15) is 47.6 Å². The molecule has 1 aromatic heterocycles. The van der Waals surface area contributed by atoms with Crippen LogP contribution in [0.3, 0.4) is 0 Å². The summed E-state index contributed by atoms with van der Waals surface area (Å²) >= 11 is 0. The van der Waals surface area contributed by atoms with Crippen molar-refractivity contribution in [2.75, 3.05) is 0 Å². The van der Waals surface area contributed by atoms with Crippen molar-refractivity contribution in [1.82, 2.24) is 0 Å². The molecule has 0 aliphatic heterocycles. The normalized spacial score (nSPS) is 15.2. The van der Waals surface area contributed by atoms with Crippen LogP contribution in [0.2, 0.25) is 0 Å². The van der Waals surface area contributed by atoms with Gasteiger partial charge in [-0.25, -0.2) is 0 Å². The van der Waals surface area contributed by atoms with Gasteiger partial charge in [-0.15, -0.1) is 0 Å². The number of rotatable bonds is 3. The number of fused-ring (bicyclic) bond motifs is 11. The highest BCUT2D eigenvalue weighted by Crippen LogP contribution is 2.54. The van der Waals surface area contributed by atoms with Crippen LogP contribution in [-0.2, 0) is 5.41 Å². The molecule has 2 aliphatic carbocycles. The first-order valence-corrected chi connectivity index (χ1v) is 18.0. The van der Waals surface area contributed by atoms with Gasteiger partial charge < -0.3 is 4.42 Å². The van der Waals surface area contributed by atoms with E-state index in [1.807, 2.05) is 0 Å². The van der Waals surface area contributed by atoms with Gasteiger partial charge in [0.15, 0.2) is 0 Å². The zero-order valence-corrected chi connectivity index (χ0v) is 28.6. The van der Waals surface area contributed by atoms with Gasteiger partial charge in [0.25, 0.3) is 0 Å². The fourth-order valence-corrected chi connectivity index (χ4v) is 9.25. The third-order valence-electron chi connectivity index (χ3n) is 11.7. The van der Waals surface area contributed by atoms with E-state index >= 15 is 0 Å². The topological polar surface area (TPSA) is 13.1 Å². The lowest BCUT2D eigenvalue weighted by Gasteiger charge is -2.21. The standard InChI is InChI=1S/C50H34O/c1-50(2)45-15-9-8-14-37(45)40-23-24-41-44-29-36(20-25-46(44)51-49(41)48(40)50)47-38-21-18-34(30-10-4-3-5-11-30)27-42(38)43-28-35(19-22-39(43)47)33-17-16-31-12-6-7-13-32(31)26-33/h3-29,47H,1-2H3. The van der Waals surface area contributed by atoms with Gasteiger partial charge in [-0.05, 0) is 114 Å². The van der Waals surface area contributed by atoms with E-state index in [1.165, 1.54) is 93.9 Å². The minimum absolute atomic E-state index is 0.120.